The lowest BCUT2D eigenvalue weighted by Gasteiger charge is -2.52. The maximum absolute atomic E-state index is 12.2. The van der Waals surface area contributed by atoms with Crippen LogP contribution in [0.3, 0.4) is 0 Å². The monoisotopic (exact) mass is 479 g/mol. The predicted octanol–water partition coefficient (Wildman–Crippen LogP) is 6.19. The summed E-state index contributed by atoms with van der Waals surface area (Å²) in [6.45, 7) is 5.30. The normalized spacial score (nSPS) is 31.0. The van der Waals surface area contributed by atoms with Crippen LogP contribution in [0, 0.1) is 29.1 Å². The number of carbonyl (C=O) groups excluding carboxylic acids is 1. The number of carbonyl (C=O) groups is 1. The summed E-state index contributed by atoms with van der Waals surface area (Å²) in [5, 5.41) is 21.6. The van der Waals surface area contributed by atoms with E-state index in [0.29, 0.717) is 29.9 Å². The van der Waals surface area contributed by atoms with Gasteiger partial charge in [0.2, 0.25) is 5.91 Å². The Balaban J connectivity index is 1.29. The molecule has 3 aliphatic rings. The highest BCUT2D eigenvalue weighted by molar-refractivity contribution is 5.75. The fourth-order valence-corrected chi connectivity index (χ4v) is 7.38. The Morgan fingerprint density at radius 2 is 1.97 bits per heavy atom. The molecule has 2 fully saturated rings. The zero-order valence-corrected chi connectivity index (χ0v) is 22.1. The van der Waals surface area contributed by atoms with Gasteiger partial charge in [0.05, 0.1) is 0 Å². The third-order valence-electron chi connectivity index (χ3n) is 9.62. The SMILES string of the molecule is CCCCN(C)C(=O)CCCCCC#C[C@]1(O)CC[C@H]2[C@@H]3CCc4cc(O)ccc4[C@H]3CC[C@@]21C. The number of nitrogens with zero attached hydrogens (tertiary/aromatic N) is 1. The van der Waals surface area contributed by atoms with Gasteiger partial charge in [0, 0.05) is 31.8 Å². The number of rotatable bonds is 8. The Hall–Kier alpha value is -1.99. The van der Waals surface area contributed by atoms with Gasteiger partial charge >= 0.3 is 0 Å². The molecule has 1 amide bonds. The summed E-state index contributed by atoms with van der Waals surface area (Å²) in [5.74, 6) is 8.99. The first kappa shape index (κ1) is 26.1. The van der Waals surface area contributed by atoms with E-state index in [9.17, 15) is 15.0 Å². The number of benzene rings is 1. The molecule has 1 aromatic carbocycles. The number of phenolic OH excluding ortho intramolecular Hbond substituents is 1. The number of hydrogen-bond donors (Lipinski definition) is 2. The molecular formula is C31H45NO3. The van der Waals surface area contributed by atoms with Crippen LogP contribution in [0.15, 0.2) is 18.2 Å². The average Bonchev–Trinajstić information content (AvgIpc) is 3.12. The van der Waals surface area contributed by atoms with Crippen molar-refractivity contribution in [3.63, 3.8) is 0 Å². The summed E-state index contributed by atoms with van der Waals surface area (Å²) in [6, 6.07) is 5.93. The van der Waals surface area contributed by atoms with Crippen molar-refractivity contribution in [3.05, 3.63) is 29.3 Å². The van der Waals surface area contributed by atoms with Crippen molar-refractivity contribution >= 4 is 5.91 Å². The van der Waals surface area contributed by atoms with E-state index in [1.54, 1.807) is 0 Å². The maximum Gasteiger partial charge on any atom is 0.222 e. The van der Waals surface area contributed by atoms with Gasteiger partial charge in [-0.05, 0) is 98.8 Å². The zero-order chi connectivity index (χ0) is 25.1. The van der Waals surface area contributed by atoms with Crippen LogP contribution < -0.4 is 0 Å². The topological polar surface area (TPSA) is 60.8 Å². The van der Waals surface area contributed by atoms with E-state index in [-0.39, 0.29) is 11.3 Å². The largest absolute Gasteiger partial charge is 0.508 e. The van der Waals surface area contributed by atoms with E-state index in [1.807, 2.05) is 24.1 Å². The van der Waals surface area contributed by atoms with Gasteiger partial charge in [-0.3, -0.25) is 4.79 Å². The highest BCUT2D eigenvalue weighted by Crippen LogP contribution is 2.64. The molecule has 0 bridgehead atoms. The standard InChI is InChI=1S/C31H45NO3/c1-4-5-21-32(3)29(34)11-9-7-6-8-10-18-31(35)20-17-28-27-14-12-23-22-24(33)13-15-25(23)26(27)16-19-30(28,31)2/h13,15,22,26-28,33,35H,4-9,11-12,14,16-17,19-21H2,1-3H3/t26-,27-,28+,30+,31+/m1/s1. The first-order chi connectivity index (χ1) is 16.8. The fourth-order valence-electron chi connectivity index (χ4n) is 7.38. The third-order valence-corrected chi connectivity index (χ3v) is 9.62. The molecule has 0 heterocycles. The fraction of sp³-hybridized carbons (Fsp3) is 0.710. The predicted molar refractivity (Wildman–Crippen MR) is 141 cm³/mol. The van der Waals surface area contributed by atoms with Crippen LogP contribution >= 0.6 is 0 Å². The molecular weight excluding hydrogens is 434 g/mol. The van der Waals surface area contributed by atoms with Crippen molar-refractivity contribution in [3.8, 4) is 17.6 Å². The first-order valence-electron chi connectivity index (χ1n) is 14.1. The smallest absolute Gasteiger partial charge is 0.222 e. The lowest BCUT2D eigenvalue weighted by Crippen LogP contribution is -2.50. The number of amides is 1. The van der Waals surface area contributed by atoms with Crippen LogP contribution in [0.25, 0.3) is 0 Å². The second-order valence-electron chi connectivity index (χ2n) is 11.7. The van der Waals surface area contributed by atoms with Crippen LogP contribution in [0.1, 0.15) is 108 Å². The second kappa shape index (κ2) is 11.0. The summed E-state index contributed by atoms with van der Waals surface area (Å²) >= 11 is 0. The summed E-state index contributed by atoms with van der Waals surface area (Å²) in [4.78, 5) is 14.0. The zero-order valence-electron chi connectivity index (χ0n) is 22.1. The van der Waals surface area contributed by atoms with Gasteiger partial charge in [-0.1, -0.05) is 38.7 Å². The molecule has 1 aromatic rings. The van der Waals surface area contributed by atoms with E-state index in [2.05, 4.69) is 31.8 Å². The molecule has 35 heavy (non-hydrogen) atoms. The highest BCUT2D eigenvalue weighted by Gasteiger charge is 2.61. The van der Waals surface area contributed by atoms with E-state index in [4.69, 9.17) is 0 Å². The lowest BCUT2D eigenvalue weighted by molar-refractivity contribution is -0.130. The van der Waals surface area contributed by atoms with Crippen molar-refractivity contribution < 1.29 is 15.0 Å². The van der Waals surface area contributed by atoms with Crippen molar-refractivity contribution in [2.75, 3.05) is 13.6 Å². The summed E-state index contributed by atoms with van der Waals surface area (Å²) in [5.41, 5.74) is 1.73. The molecule has 4 heteroatoms. The van der Waals surface area contributed by atoms with Crippen molar-refractivity contribution in [2.45, 2.75) is 109 Å². The van der Waals surface area contributed by atoms with Crippen molar-refractivity contribution in [1.29, 1.82) is 0 Å². The van der Waals surface area contributed by atoms with Crippen molar-refractivity contribution in [2.24, 2.45) is 17.3 Å². The van der Waals surface area contributed by atoms with Gasteiger partial charge in [0.15, 0.2) is 0 Å². The lowest BCUT2D eigenvalue weighted by atomic mass is 9.53. The quantitative estimate of drug-likeness (QED) is 0.345. The third kappa shape index (κ3) is 5.26. The molecule has 4 rings (SSSR count). The van der Waals surface area contributed by atoms with Crippen LogP contribution in [0.5, 0.6) is 5.75 Å². The van der Waals surface area contributed by atoms with Crippen LogP contribution in [-0.4, -0.2) is 40.2 Å². The second-order valence-corrected chi connectivity index (χ2v) is 11.7. The Bertz CT molecular complexity index is 962. The maximum atomic E-state index is 12.2. The van der Waals surface area contributed by atoms with Gasteiger partial charge in [-0.2, -0.15) is 0 Å². The minimum absolute atomic E-state index is 0.134. The Kier molecular flexibility index (Phi) is 8.16. The number of aromatic hydroxyl groups is 1. The molecule has 0 radical (unpaired) electrons. The Labute approximate surface area is 212 Å². The molecule has 0 spiro atoms. The minimum atomic E-state index is -0.879. The number of phenols is 1. The van der Waals surface area contributed by atoms with Gasteiger partial charge in [-0.15, -0.1) is 5.92 Å². The first-order valence-corrected chi connectivity index (χ1v) is 14.1. The number of fused-ring (bicyclic) bond motifs is 5. The van der Waals surface area contributed by atoms with E-state index in [1.165, 1.54) is 11.1 Å². The molecule has 0 aromatic heterocycles. The molecule has 3 aliphatic carbocycles. The summed E-state index contributed by atoms with van der Waals surface area (Å²) in [6.07, 6.45) is 12.7. The highest BCUT2D eigenvalue weighted by atomic mass is 16.3. The molecule has 2 N–H and O–H groups in total. The molecule has 0 saturated heterocycles. The van der Waals surface area contributed by atoms with Crippen molar-refractivity contribution in [1.82, 2.24) is 4.90 Å². The van der Waals surface area contributed by atoms with E-state index >= 15 is 0 Å². The van der Waals surface area contributed by atoms with Gasteiger partial charge in [0.1, 0.15) is 11.4 Å². The van der Waals surface area contributed by atoms with Crippen LogP contribution in [0.2, 0.25) is 0 Å². The molecule has 0 aliphatic heterocycles. The van der Waals surface area contributed by atoms with Gasteiger partial charge in [-0.25, -0.2) is 0 Å². The number of hydrogen-bond acceptors (Lipinski definition) is 3. The average molecular weight is 480 g/mol. The molecule has 0 unspecified atom stereocenters. The summed E-state index contributed by atoms with van der Waals surface area (Å²) < 4.78 is 0. The van der Waals surface area contributed by atoms with E-state index in [0.717, 1.165) is 83.6 Å². The Morgan fingerprint density at radius 1 is 1.14 bits per heavy atom. The Morgan fingerprint density at radius 3 is 2.77 bits per heavy atom. The molecule has 5 atom stereocenters. The molecule has 2 saturated carbocycles. The van der Waals surface area contributed by atoms with E-state index < -0.39 is 5.60 Å². The summed E-state index contributed by atoms with van der Waals surface area (Å²) in [7, 11) is 1.91. The minimum Gasteiger partial charge on any atom is -0.508 e. The number of unbranched alkanes of at least 4 members (excludes halogenated alkanes) is 4. The molecule has 4 nitrogen and oxygen atoms in total. The van der Waals surface area contributed by atoms with Crippen LogP contribution in [0.4, 0.5) is 0 Å². The molecule has 192 valence electrons. The van der Waals surface area contributed by atoms with Gasteiger partial charge < -0.3 is 15.1 Å². The van der Waals surface area contributed by atoms with Crippen LogP contribution in [-0.2, 0) is 11.2 Å². The number of aliphatic hydroxyl groups is 1. The number of aryl methyl sites for hydroxylation is 1. The van der Waals surface area contributed by atoms with Gasteiger partial charge in [0.25, 0.3) is 0 Å².